The van der Waals surface area contributed by atoms with E-state index in [4.69, 9.17) is 12.2 Å². The largest absolute Gasteiger partial charge is 0.480 e. The molecule has 116 valence electrons. The first-order valence-electron chi connectivity index (χ1n) is 6.69. The highest BCUT2D eigenvalue weighted by Gasteiger charge is 2.39. The predicted octanol–water partition coefficient (Wildman–Crippen LogP) is 3.28. The van der Waals surface area contributed by atoms with Gasteiger partial charge in [-0.25, -0.2) is 9.18 Å². The van der Waals surface area contributed by atoms with E-state index in [0.29, 0.717) is 23.3 Å². The first-order valence-corrected chi connectivity index (χ1v) is 7.92. The third kappa shape index (κ3) is 3.53. The number of carbonyl (C=O) groups is 2. The van der Waals surface area contributed by atoms with Crippen LogP contribution in [0.15, 0.2) is 29.2 Å². The number of thiocarbonyl (C=S) groups is 1. The minimum Gasteiger partial charge on any atom is -0.480 e. The fraction of sp³-hybridized carbons (Fsp3) is 0.267. The van der Waals surface area contributed by atoms with Crippen LogP contribution in [0.4, 0.5) is 4.39 Å². The summed E-state index contributed by atoms with van der Waals surface area (Å²) in [5.74, 6) is -1.93. The van der Waals surface area contributed by atoms with Crippen LogP contribution >= 0.6 is 24.0 Å². The molecule has 1 heterocycles. The number of carbonyl (C=O) groups excluding carboxylic acids is 1. The van der Waals surface area contributed by atoms with E-state index >= 15 is 0 Å². The molecule has 1 aliphatic rings. The van der Waals surface area contributed by atoms with E-state index in [2.05, 4.69) is 0 Å². The average molecular weight is 339 g/mol. The zero-order valence-corrected chi connectivity index (χ0v) is 13.4. The maximum Gasteiger partial charge on any atom is 0.326 e. The molecule has 1 atom stereocenters. The highest BCUT2D eigenvalue weighted by molar-refractivity contribution is 8.26. The van der Waals surface area contributed by atoms with Crippen LogP contribution in [-0.4, -0.2) is 32.2 Å². The lowest BCUT2D eigenvalue weighted by molar-refractivity contribution is -0.145. The van der Waals surface area contributed by atoms with Crippen LogP contribution in [-0.2, 0) is 9.59 Å². The van der Waals surface area contributed by atoms with Gasteiger partial charge in [-0.2, -0.15) is 0 Å². The van der Waals surface area contributed by atoms with E-state index < -0.39 is 23.7 Å². The topological polar surface area (TPSA) is 57.6 Å². The van der Waals surface area contributed by atoms with Crippen molar-refractivity contribution >= 4 is 46.3 Å². The molecule has 0 radical (unpaired) electrons. The van der Waals surface area contributed by atoms with Crippen molar-refractivity contribution < 1.29 is 19.1 Å². The molecule has 0 unspecified atom stereocenters. The second kappa shape index (κ2) is 7.02. The fourth-order valence-electron chi connectivity index (χ4n) is 2.13. The summed E-state index contributed by atoms with van der Waals surface area (Å²) >= 11 is 6.17. The van der Waals surface area contributed by atoms with Crippen molar-refractivity contribution in [2.24, 2.45) is 0 Å². The molecule has 1 N–H and O–H groups in total. The smallest absolute Gasteiger partial charge is 0.326 e. The Kier molecular flexibility index (Phi) is 5.31. The lowest BCUT2D eigenvalue weighted by Gasteiger charge is -2.22. The number of halogens is 1. The van der Waals surface area contributed by atoms with Crippen LogP contribution in [0.2, 0.25) is 0 Å². The third-order valence-electron chi connectivity index (χ3n) is 3.13. The first-order chi connectivity index (χ1) is 10.4. The molecule has 7 heteroatoms. The number of carboxylic acid groups (broad SMARTS) is 1. The quantitative estimate of drug-likeness (QED) is 0.659. The van der Waals surface area contributed by atoms with Gasteiger partial charge in [0.25, 0.3) is 5.91 Å². The van der Waals surface area contributed by atoms with Gasteiger partial charge in [-0.15, -0.1) is 0 Å². The number of aliphatic carboxylic acids is 1. The normalized spacial score (nSPS) is 18.1. The van der Waals surface area contributed by atoms with Gasteiger partial charge >= 0.3 is 5.97 Å². The number of amides is 1. The highest BCUT2D eigenvalue weighted by Crippen LogP contribution is 2.34. The minimum absolute atomic E-state index is 0.216. The molecule has 2 rings (SSSR count). The summed E-state index contributed by atoms with van der Waals surface area (Å²) in [4.78, 5) is 25.2. The standard InChI is InChI=1S/C15H14FNO3S2/c1-2-4-11(14(19)20)17-13(18)12(22-15(17)21)8-9-5-3-6-10(16)7-9/h3,5-8,11H,2,4H2,1H3,(H,19,20)/b12-8-/t11-/m1/s1. The van der Waals surface area contributed by atoms with E-state index in [-0.39, 0.29) is 4.32 Å². The number of benzene rings is 1. The Bertz CT molecular complexity index is 660. The predicted molar refractivity (Wildman–Crippen MR) is 87.7 cm³/mol. The Morgan fingerprint density at radius 1 is 1.55 bits per heavy atom. The summed E-state index contributed by atoms with van der Waals surface area (Å²) in [6.45, 7) is 1.84. The van der Waals surface area contributed by atoms with E-state index in [0.717, 1.165) is 16.7 Å². The molecule has 1 fully saturated rings. The maximum absolute atomic E-state index is 13.2. The van der Waals surface area contributed by atoms with E-state index in [1.807, 2.05) is 6.92 Å². The Hall–Kier alpha value is -1.73. The van der Waals surface area contributed by atoms with Gasteiger partial charge in [0.05, 0.1) is 4.91 Å². The summed E-state index contributed by atoms with van der Waals surface area (Å²) in [5, 5.41) is 9.28. The number of thioether (sulfide) groups is 1. The van der Waals surface area contributed by atoms with Gasteiger partial charge in [0.2, 0.25) is 0 Å². The Morgan fingerprint density at radius 3 is 2.86 bits per heavy atom. The van der Waals surface area contributed by atoms with Gasteiger partial charge in [-0.1, -0.05) is 49.5 Å². The molecule has 0 aromatic heterocycles. The summed E-state index contributed by atoms with van der Waals surface area (Å²) in [7, 11) is 0. The van der Waals surface area contributed by atoms with Gasteiger partial charge < -0.3 is 5.11 Å². The molecule has 22 heavy (non-hydrogen) atoms. The highest BCUT2D eigenvalue weighted by atomic mass is 32.2. The second-order valence-electron chi connectivity index (χ2n) is 4.75. The molecule has 0 aliphatic carbocycles. The van der Waals surface area contributed by atoms with Crippen molar-refractivity contribution in [2.45, 2.75) is 25.8 Å². The third-order valence-corrected chi connectivity index (χ3v) is 4.46. The van der Waals surface area contributed by atoms with E-state index in [1.54, 1.807) is 12.1 Å². The van der Waals surface area contributed by atoms with Crippen molar-refractivity contribution in [3.8, 4) is 0 Å². The van der Waals surface area contributed by atoms with Gasteiger partial charge in [0, 0.05) is 0 Å². The van der Waals surface area contributed by atoms with E-state index in [1.165, 1.54) is 18.2 Å². The Morgan fingerprint density at radius 2 is 2.27 bits per heavy atom. The SMILES string of the molecule is CCC[C@H](C(=O)O)N1C(=O)/C(=C/c2cccc(F)c2)SC1=S. The maximum atomic E-state index is 13.2. The molecular weight excluding hydrogens is 325 g/mol. The van der Waals surface area contributed by atoms with Crippen LogP contribution in [0.25, 0.3) is 6.08 Å². The van der Waals surface area contributed by atoms with Gasteiger partial charge in [-0.05, 0) is 30.2 Å². The summed E-state index contributed by atoms with van der Waals surface area (Å²) in [6.07, 6.45) is 2.47. The van der Waals surface area contributed by atoms with Crippen molar-refractivity contribution in [1.82, 2.24) is 4.90 Å². The summed E-state index contributed by atoms with van der Waals surface area (Å²) in [6, 6.07) is 4.85. The van der Waals surface area contributed by atoms with E-state index in [9.17, 15) is 19.1 Å². The number of nitrogens with zero attached hydrogens (tertiary/aromatic N) is 1. The van der Waals surface area contributed by atoms with Crippen LogP contribution in [0.1, 0.15) is 25.3 Å². The molecule has 1 aliphatic heterocycles. The van der Waals surface area contributed by atoms with Gasteiger partial charge in [0.15, 0.2) is 0 Å². The lowest BCUT2D eigenvalue weighted by Crippen LogP contribution is -2.43. The van der Waals surface area contributed by atoms with Gasteiger partial charge in [0.1, 0.15) is 16.2 Å². The average Bonchev–Trinajstić information content (AvgIpc) is 2.71. The fourth-order valence-corrected chi connectivity index (χ4v) is 3.49. The minimum atomic E-state index is -1.08. The molecule has 0 bridgehead atoms. The van der Waals surface area contributed by atoms with Crippen LogP contribution in [0, 0.1) is 5.82 Å². The molecule has 1 saturated heterocycles. The van der Waals surface area contributed by atoms with Crippen molar-refractivity contribution in [2.75, 3.05) is 0 Å². The van der Waals surface area contributed by atoms with Crippen molar-refractivity contribution in [3.63, 3.8) is 0 Å². The molecule has 1 aromatic rings. The van der Waals surface area contributed by atoms with Crippen molar-refractivity contribution in [3.05, 3.63) is 40.6 Å². The van der Waals surface area contributed by atoms with Gasteiger partial charge in [-0.3, -0.25) is 9.69 Å². The van der Waals surface area contributed by atoms with Crippen LogP contribution in [0.5, 0.6) is 0 Å². The number of rotatable bonds is 5. The van der Waals surface area contributed by atoms with Crippen molar-refractivity contribution in [1.29, 1.82) is 0 Å². The van der Waals surface area contributed by atoms with Crippen LogP contribution < -0.4 is 0 Å². The number of hydrogen-bond donors (Lipinski definition) is 1. The first kappa shape index (κ1) is 16.6. The Labute approximate surface area is 137 Å². The monoisotopic (exact) mass is 339 g/mol. The molecule has 1 amide bonds. The second-order valence-corrected chi connectivity index (χ2v) is 6.43. The molecule has 0 saturated carbocycles. The lowest BCUT2D eigenvalue weighted by atomic mass is 10.1. The molecule has 0 spiro atoms. The Balaban J connectivity index is 2.30. The zero-order chi connectivity index (χ0) is 16.3. The molecular formula is C15H14FNO3S2. The molecule has 4 nitrogen and oxygen atoms in total. The number of carboxylic acids is 1. The molecule has 1 aromatic carbocycles. The summed E-state index contributed by atoms with van der Waals surface area (Å²) in [5.41, 5.74) is 0.530. The zero-order valence-electron chi connectivity index (χ0n) is 11.8. The van der Waals surface area contributed by atoms with Crippen LogP contribution in [0.3, 0.4) is 0 Å². The summed E-state index contributed by atoms with van der Waals surface area (Å²) < 4.78 is 13.4. The number of hydrogen-bond acceptors (Lipinski definition) is 4.